The molecule has 5 nitrogen and oxygen atoms in total. The molecule has 2 N–H and O–H groups in total. The van der Waals surface area contributed by atoms with Gasteiger partial charge < -0.3 is 9.84 Å². The summed E-state index contributed by atoms with van der Waals surface area (Å²) in [4.78, 5) is -0.0124. The standard InChI is InChI=1S/C17H14FNO4S/c1-23-15-9-10-16(12-6-3-2-5-11(12)15)24(21,22)19-13-7-4-8-14(20)17(13)18/h2-10,19-20H,1H3. The van der Waals surface area contributed by atoms with Crippen LogP contribution in [0.2, 0.25) is 0 Å². The first-order valence-electron chi connectivity index (χ1n) is 7.00. The van der Waals surface area contributed by atoms with Crippen LogP contribution in [0.5, 0.6) is 11.5 Å². The lowest BCUT2D eigenvalue weighted by molar-refractivity contribution is 0.419. The van der Waals surface area contributed by atoms with Gasteiger partial charge in [0.25, 0.3) is 10.0 Å². The summed E-state index contributed by atoms with van der Waals surface area (Å²) < 4.78 is 46.7. The maximum atomic E-state index is 13.9. The molecule has 3 rings (SSSR count). The van der Waals surface area contributed by atoms with Crippen molar-refractivity contribution in [2.24, 2.45) is 0 Å². The van der Waals surface area contributed by atoms with E-state index in [0.717, 1.165) is 6.07 Å². The summed E-state index contributed by atoms with van der Waals surface area (Å²) in [5.74, 6) is -1.12. The van der Waals surface area contributed by atoms with Gasteiger partial charge in [0, 0.05) is 10.8 Å². The molecular formula is C17H14FNO4S. The fourth-order valence-corrected chi connectivity index (χ4v) is 3.73. The maximum Gasteiger partial charge on any atom is 0.262 e. The summed E-state index contributed by atoms with van der Waals surface area (Å²) in [6.45, 7) is 0. The molecule has 0 radical (unpaired) electrons. The van der Waals surface area contributed by atoms with Crippen LogP contribution in [0.3, 0.4) is 0 Å². The van der Waals surface area contributed by atoms with E-state index in [9.17, 15) is 17.9 Å². The Balaban J connectivity index is 2.14. The summed E-state index contributed by atoms with van der Waals surface area (Å²) >= 11 is 0. The fraction of sp³-hybridized carbons (Fsp3) is 0.0588. The number of hydrogen-bond donors (Lipinski definition) is 2. The smallest absolute Gasteiger partial charge is 0.262 e. The van der Waals surface area contributed by atoms with Gasteiger partial charge in [0.15, 0.2) is 11.6 Å². The first-order chi connectivity index (χ1) is 11.4. The van der Waals surface area contributed by atoms with Crippen LogP contribution in [0.4, 0.5) is 10.1 Å². The molecule has 7 heteroatoms. The normalized spacial score (nSPS) is 11.4. The highest BCUT2D eigenvalue weighted by molar-refractivity contribution is 7.93. The zero-order valence-corrected chi connectivity index (χ0v) is 13.5. The molecule has 3 aromatic rings. The van der Waals surface area contributed by atoms with E-state index in [1.54, 1.807) is 24.3 Å². The molecule has 0 atom stereocenters. The molecule has 0 aromatic heterocycles. The summed E-state index contributed by atoms with van der Waals surface area (Å²) in [5.41, 5.74) is -0.324. The molecule has 0 unspecified atom stereocenters. The largest absolute Gasteiger partial charge is 0.505 e. The van der Waals surface area contributed by atoms with Gasteiger partial charge in [-0.05, 0) is 24.3 Å². The fourth-order valence-electron chi connectivity index (χ4n) is 2.45. The van der Waals surface area contributed by atoms with Crippen LogP contribution >= 0.6 is 0 Å². The minimum absolute atomic E-state index is 0.0124. The number of rotatable bonds is 4. The average Bonchev–Trinajstić information content (AvgIpc) is 2.57. The summed E-state index contributed by atoms with van der Waals surface area (Å²) in [6.07, 6.45) is 0. The zero-order chi connectivity index (χ0) is 17.3. The molecule has 0 saturated carbocycles. The van der Waals surface area contributed by atoms with E-state index in [2.05, 4.69) is 4.72 Å². The molecule has 3 aromatic carbocycles. The number of phenolic OH excluding ortho intramolecular Hbond substituents is 1. The van der Waals surface area contributed by atoms with E-state index < -0.39 is 21.6 Å². The number of anilines is 1. The van der Waals surface area contributed by atoms with Crippen molar-refractivity contribution in [1.29, 1.82) is 0 Å². The Morgan fingerprint density at radius 2 is 1.71 bits per heavy atom. The van der Waals surface area contributed by atoms with Crippen molar-refractivity contribution in [1.82, 2.24) is 0 Å². The molecule has 0 amide bonds. The monoisotopic (exact) mass is 347 g/mol. The number of halogens is 1. The number of benzene rings is 3. The lowest BCUT2D eigenvalue weighted by atomic mass is 10.1. The summed E-state index contributed by atoms with van der Waals surface area (Å²) in [5, 5.41) is 10.5. The molecule has 0 saturated heterocycles. The molecule has 124 valence electrons. The Morgan fingerprint density at radius 3 is 2.42 bits per heavy atom. The van der Waals surface area contributed by atoms with Crippen molar-refractivity contribution >= 4 is 26.5 Å². The Morgan fingerprint density at radius 1 is 1.00 bits per heavy atom. The van der Waals surface area contributed by atoms with Gasteiger partial charge in [0.05, 0.1) is 17.7 Å². The van der Waals surface area contributed by atoms with E-state index in [1.807, 2.05) is 0 Å². The van der Waals surface area contributed by atoms with Crippen molar-refractivity contribution in [3.05, 3.63) is 60.4 Å². The number of nitrogens with one attached hydrogen (secondary N) is 1. The Hall–Kier alpha value is -2.80. The number of phenols is 1. The lowest BCUT2D eigenvalue weighted by Crippen LogP contribution is -2.14. The third-order valence-electron chi connectivity index (χ3n) is 3.58. The van der Waals surface area contributed by atoms with Crippen molar-refractivity contribution in [3.8, 4) is 11.5 Å². The molecule has 0 aliphatic carbocycles. The Bertz CT molecular complexity index is 1020. The predicted molar refractivity (Wildman–Crippen MR) is 89.4 cm³/mol. The molecule has 0 spiro atoms. The van der Waals surface area contributed by atoms with Crippen LogP contribution in [-0.4, -0.2) is 20.6 Å². The second-order valence-corrected chi connectivity index (χ2v) is 6.71. The van der Waals surface area contributed by atoms with E-state index in [-0.39, 0.29) is 10.6 Å². The van der Waals surface area contributed by atoms with Gasteiger partial charge in [-0.3, -0.25) is 4.72 Å². The molecule has 0 fully saturated rings. The Labute approximate surface area is 138 Å². The molecule has 24 heavy (non-hydrogen) atoms. The van der Waals surface area contributed by atoms with Gasteiger partial charge in [0.1, 0.15) is 5.75 Å². The highest BCUT2D eigenvalue weighted by atomic mass is 32.2. The van der Waals surface area contributed by atoms with Crippen molar-refractivity contribution in [2.75, 3.05) is 11.8 Å². The molecular weight excluding hydrogens is 333 g/mol. The van der Waals surface area contributed by atoms with Crippen LogP contribution < -0.4 is 9.46 Å². The van der Waals surface area contributed by atoms with Crippen LogP contribution in [0, 0.1) is 5.82 Å². The van der Waals surface area contributed by atoms with E-state index >= 15 is 0 Å². The Kier molecular flexibility index (Phi) is 4.02. The number of aromatic hydroxyl groups is 1. The number of hydrogen-bond acceptors (Lipinski definition) is 4. The van der Waals surface area contributed by atoms with E-state index in [1.165, 1.54) is 31.4 Å². The SMILES string of the molecule is COc1ccc(S(=O)(=O)Nc2cccc(O)c2F)c2ccccc12. The molecule has 0 heterocycles. The number of sulfonamides is 1. The second-order valence-electron chi connectivity index (χ2n) is 5.06. The van der Waals surface area contributed by atoms with Crippen LogP contribution in [0.25, 0.3) is 10.8 Å². The first kappa shape index (κ1) is 16.1. The van der Waals surface area contributed by atoms with Crippen molar-refractivity contribution < 1.29 is 22.7 Å². The van der Waals surface area contributed by atoms with Crippen LogP contribution in [0.1, 0.15) is 0 Å². The maximum absolute atomic E-state index is 13.9. The zero-order valence-electron chi connectivity index (χ0n) is 12.7. The second kappa shape index (κ2) is 6.01. The van der Waals surface area contributed by atoms with E-state index in [0.29, 0.717) is 16.5 Å². The number of methoxy groups -OCH3 is 1. The highest BCUT2D eigenvalue weighted by Gasteiger charge is 2.21. The topological polar surface area (TPSA) is 75.6 Å². The quantitative estimate of drug-likeness (QED) is 0.757. The number of fused-ring (bicyclic) bond motifs is 1. The van der Waals surface area contributed by atoms with Gasteiger partial charge in [-0.1, -0.05) is 30.3 Å². The van der Waals surface area contributed by atoms with Gasteiger partial charge in [0.2, 0.25) is 0 Å². The van der Waals surface area contributed by atoms with Gasteiger partial charge >= 0.3 is 0 Å². The highest BCUT2D eigenvalue weighted by Crippen LogP contribution is 2.32. The van der Waals surface area contributed by atoms with Gasteiger partial charge in [-0.2, -0.15) is 0 Å². The minimum atomic E-state index is -4.06. The van der Waals surface area contributed by atoms with Crippen molar-refractivity contribution in [2.45, 2.75) is 4.90 Å². The summed E-state index contributed by atoms with van der Waals surface area (Å²) in [7, 11) is -2.56. The third kappa shape index (κ3) is 2.74. The molecule has 0 aliphatic rings. The summed E-state index contributed by atoms with van der Waals surface area (Å²) in [6, 6.07) is 13.5. The van der Waals surface area contributed by atoms with Gasteiger partial charge in [-0.15, -0.1) is 0 Å². The van der Waals surface area contributed by atoms with E-state index in [4.69, 9.17) is 4.74 Å². The average molecular weight is 347 g/mol. The first-order valence-corrected chi connectivity index (χ1v) is 8.48. The predicted octanol–water partition coefficient (Wildman–Crippen LogP) is 3.49. The van der Waals surface area contributed by atoms with Crippen LogP contribution in [-0.2, 0) is 10.0 Å². The number of ether oxygens (including phenoxy) is 1. The van der Waals surface area contributed by atoms with Crippen molar-refractivity contribution in [3.63, 3.8) is 0 Å². The van der Waals surface area contributed by atoms with Crippen LogP contribution in [0.15, 0.2) is 59.5 Å². The van der Waals surface area contributed by atoms with Gasteiger partial charge in [-0.25, -0.2) is 12.8 Å². The third-order valence-corrected chi connectivity index (χ3v) is 5.00. The molecule has 0 bridgehead atoms. The minimum Gasteiger partial charge on any atom is -0.505 e. The molecule has 0 aliphatic heterocycles. The lowest BCUT2D eigenvalue weighted by Gasteiger charge is -2.13.